The van der Waals surface area contributed by atoms with Crippen LogP contribution in [0.3, 0.4) is 0 Å². The van der Waals surface area contributed by atoms with Crippen molar-refractivity contribution in [1.82, 2.24) is 18.7 Å². The van der Waals surface area contributed by atoms with E-state index in [0.29, 0.717) is 33.9 Å². The van der Waals surface area contributed by atoms with E-state index in [1.807, 2.05) is 4.57 Å². The summed E-state index contributed by atoms with van der Waals surface area (Å²) in [6, 6.07) is 6.19. The van der Waals surface area contributed by atoms with Gasteiger partial charge in [0.15, 0.2) is 0 Å². The highest BCUT2D eigenvalue weighted by atomic mass is 35.5. The predicted octanol–water partition coefficient (Wildman–Crippen LogP) is 3.49. The Morgan fingerprint density at radius 3 is 2.72 bits per heavy atom. The average molecular weight is 431 g/mol. The Bertz CT molecular complexity index is 1410. The highest BCUT2D eigenvalue weighted by molar-refractivity contribution is 7.10. The first kappa shape index (κ1) is 18.3. The van der Waals surface area contributed by atoms with Gasteiger partial charge < -0.3 is 4.57 Å². The second kappa shape index (κ2) is 6.40. The first-order valence-electron chi connectivity index (χ1n) is 9.07. The van der Waals surface area contributed by atoms with E-state index < -0.39 is 5.69 Å². The number of halogens is 2. The molecule has 1 aliphatic heterocycles. The molecule has 0 bridgehead atoms. The SMILES string of the molecule is Cn1c(=O)c2c(-c3cccc(F)c3)n3c(c2n(C)c1=O)C(c1nc(Cl)cs1)CC3. The molecule has 29 heavy (non-hydrogen) atoms. The zero-order valence-electron chi connectivity index (χ0n) is 15.6. The molecule has 3 aromatic heterocycles. The van der Waals surface area contributed by atoms with Crippen LogP contribution >= 0.6 is 22.9 Å². The van der Waals surface area contributed by atoms with Crippen molar-refractivity contribution < 1.29 is 4.39 Å². The molecule has 0 saturated heterocycles. The number of rotatable bonds is 2. The van der Waals surface area contributed by atoms with Crippen LogP contribution in [0.1, 0.15) is 23.0 Å². The normalized spacial score (nSPS) is 15.9. The second-order valence-corrected chi connectivity index (χ2v) is 8.45. The molecule has 1 atom stereocenters. The van der Waals surface area contributed by atoms with Gasteiger partial charge in [0.25, 0.3) is 5.56 Å². The number of fused-ring (bicyclic) bond motifs is 3. The molecule has 0 spiro atoms. The van der Waals surface area contributed by atoms with Crippen molar-refractivity contribution in [3.8, 4) is 11.3 Å². The molecule has 0 amide bonds. The minimum absolute atomic E-state index is 0.0879. The first-order chi connectivity index (χ1) is 13.9. The minimum atomic E-state index is -0.399. The monoisotopic (exact) mass is 430 g/mol. The zero-order valence-corrected chi connectivity index (χ0v) is 17.2. The van der Waals surface area contributed by atoms with Gasteiger partial charge in [0, 0.05) is 31.6 Å². The van der Waals surface area contributed by atoms with Crippen molar-refractivity contribution in [3.63, 3.8) is 0 Å². The van der Waals surface area contributed by atoms with Crippen LogP contribution in [0.25, 0.3) is 22.2 Å². The molecule has 148 valence electrons. The lowest BCUT2D eigenvalue weighted by Crippen LogP contribution is -2.37. The quantitative estimate of drug-likeness (QED) is 0.489. The molecule has 1 unspecified atom stereocenters. The molecule has 4 heterocycles. The topological polar surface area (TPSA) is 61.8 Å². The smallest absolute Gasteiger partial charge is 0.331 e. The van der Waals surface area contributed by atoms with E-state index in [1.54, 1.807) is 24.6 Å². The average Bonchev–Trinajstić information content (AvgIpc) is 3.38. The van der Waals surface area contributed by atoms with Crippen LogP contribution in [0, 0.1) is 5.82 Å². The third kappa shape index (κ3) is 2.55. The van der Waals surface area contributed by atoms with Gasteiger partial charge in [-0.2, -0.15) is 0 Å². The van der Waals surface area contributed by atoms with Gasteiger partial charge in [-0.1, -0.05) is 23.7 Å². The van der Waals surface area contributed by atoms with Crippen molar-refractivity contribution in [2.24, 2.45) is 14.1 Å². The number of aromatic nitrogens is 4. The summed E-state index contributed by atoms with van der Waals surface area (Å²) < 4.78 is 18.6. The van der Waals surface area contributed by atoms with E-state index in [2.05, 4.69) is 4.98 Å². The molecule has 5 rings (SSSR count). The summed E-state index contributed by atoms with van der Waals surface area (Å²) in [7, 11) is 3.12. The largest absolute Gasteiger partial charge is 0.341 e. The van der Waals surface area contributed by atoms with Gasteiger partial charge in [-0.3, -0.25) is 13.9 Å². The number of hydrogen-bond donors (Lipinski definition) is 0. The molecule has 0 radical (unpaired) electrons. The van der Waals surface area contributed by atoms with E-state index in [-0.39, 0.29) is 17.3 Å². The van der Waals surface area contributed by atoms with E-state index in [1.165, 1.54) is 35.1 Å². The Morgan fingerprint density at radius 1 is 1.24 bits per heavy atom. The lowest BCUT2D eigenvalue weighted by Gasteiger charge is -2.10. The summed E-state index contributed by atoms with van der Waals surface area (Å²) >= 11 is 7.50. The highest BCUT2D eigenvalue weighted by Gasteiger charge is 2.35. The summed E-state index contributed by atoms with van der Waals surface area (Å²) in [5.41, 5.74) is 1.88. The van der Waals surface area contributed by atoms with Crippen molar-refractivity contribution in [1.29, 1.82) is 0 Å². The molecule has 1 aliphatic rings. The van der Waals surface area contributed by atoms with Crippen LogP contribution < -0.4 is 11.2 Å². The highest BCUT2D eigenvalue weighted by Crippen LogP contribution is 2.44. The molecule has 6 nitrogen and oxygen atoms in total. The molecule has 0 fully saturated rings. The van der Waals surface area contributed by atoms with Gasteiger partial charge in [0.1, 0.15) is 16.0 Å². The maximum absolute atomic E-state index is 14.0. The second-order valence-electron chi connectivity index (χ2n) is 7.17. The minimum Gasteiger partial charge on any atom is -0.341 e. The van der Waals surface area contributed by atoms with E-state index in [0.717, 1.165) is 21.7 Å². The van der Waals surface area contributed by atoms with Crippen molar-refractivity contribution in [2.75, 3.05) is 0 Å². The van der Waals surface area contributed by atoms with Crippen LogP contribution in [0.15, 0.2) is 39.2 Å². The van der Waals surface area contributed by atoms with Crippen LogP contribution in [-0.2, 0) is 20.6 Å². The number of hydrogen-bond acceptors (Lipinski definition) is 4. The van der Waals surface area contributed by atoms with Crippen LogP contribution in [0.5, 0.6) is 0 Å². The number of aryl methyl sites for hydroxylation is 1. The van der Waals surface area contributed by atoms with Gasteiger partial charge in [-0.15, -0.1) is 11.3 Å². The van der Waals surface area contributed by atoms with E-state index in [9.17, 15) is 14.0 Å². The number of benzene rings is 1. The lowest BCUT2D eigenvalue weighted by molar-refractivity contribution is 0.628. The van der Waals surface area contributed by atoms with Gasteiger partial charge in [0.2, 0.25) is 0 Å². The standard InChI is InChI=1S/C20H16ClFN4O2S/c1-24-17-14(19(27)25(2)20(24)28)15(10-4-3-5-11(22)8-10)26-7-6-12(16(17)26)18-23-13(21)9-29-18/h3-5,8-9,12H,6-7H2,1-2H3. The first-order valence-corrected chi connectivity index (χ1v) is 10.3. The van der Waals surface area contributed by atoms with Crippen molar-refractivity contribution >= 4 is 33.8 Å². The van der Waals surface area contributed by atoms with Gasteiger partial charge in [0.05, 0.1) is 28.2 Å². The summed E-state index contributed by atoms with van der Waals surface area (Å²) in [4.78, 5) is 30.2. The van der Waals surface area contributed by atoms with E-state index in [4.69, 9.17) is 11.6 Å². The third-order valence-corrected chi connectivity index (χ3v) is 6.85. The zero-order chi connectivity index (χ0) is 20.4. The molecule has 0 N–H and O–H groups in total. The van der Waals surface area contributed by atoms with E-state index >= 15 is 0 Å². The van der Waals surface area contributed by atoms with Crippen LogP contribution in [0.2, 0.25) is 5.15 Å². The third-order valence-electron chi connectivity index (χ3n) is 5.57. The van der Waals surface area contributed by atoms with Gasteiger partial charge in [-0.05, 0) is 18.6 Å². The van der Waals surface area contributed by atoms with Crippen molar-refractivity contribution in [2.45, 2.75) is 18.9 Å². The van der Waals surface area contributed by atoms with Gasteiger partial charge >= 0.3 is 5.69 Å². The van der Waals surface area contributed by atoms with Crippen LogP contribution in [0.4, 0.5) is 4.39 Å². The molecule has 0 saturated carbocycles. The maximum atomic E-state index is 14.0. The molecule has 9 heteroatoms. The Balaban J connectivity index is 1.95. The van der Waals surface area contributed by atoms with Crippen molar-refractivity contribution in [3.05, 3.63) is 72.2 Å². The Kier molecular flexibility index (Phi) is 4.04. The Hall–Kier alpha value is -2.71. The number of nitrogens with zero attached hydrogens (tertiary/aromatic N) is 4. The summed E-state index contributed by atoms with van der Waals surface area (Å²) in [5, 5.41) is 3.46. The fourth-order valence-corrected chi connectivity index (χ4v) is 5.41. The fraction of sp³-hybridized carbons (Fsp3) is 0.250. The van der Waals surface area contributed by atoms with Gasteiger partial charge in [-0.25, -0.2) is 14.2 Å². The molecule has 0 aliphatic carbocycles. The number of thiazole rings is 1. The fourth-order valence-electron chi connectivity index (χ4n) is 4.32. The Labute approximate surface area is 173 Å². The molecule has 1 aromatic carbocycles. The lowest BCUT2D eigenvalue weighted by atomic mass is 10.0. The molecule has 4 aromatic rings. The molecular formula is C20H16ClFN4O2S. The molecular weight excluding hydrogens is 415 g/mol. The Morgan fingerprint density at radius 2 is 2.03 bits per heavy atom. The summed E-state index contributed by atoms with van der Waals surface area (Å²) in [6.45, 7) is 0.634. The predicted molar refractivity (Wildman–Crippen MR) is 111 cm³/mol. The van der Waals surface area contributed by atoms with Crippen LogP contribution in [-0.4, -0.2) is 18.7 Å². The summed E-state index contributed by atoms with van der Waals surface area (Å²) in [6.07, 6.45) is 0.765. The maximum Gasteiger partial charge on any atom is 0.331 e. The summed E-state index contributed by atoms with van der Waals surface area (Å²) in [5.74, 6) is -0.468.